The minimum absolute atomic E-state index is 0.0887. The molecule has 0 aliphatic heterocycles. The van der Waals surface area contributed by atoms with Gasteiger partial charge >= 0.3 is 0 Å². The average molecular weight is 483 g/mol. The fourth-order valence-corrected chi connectivity index (χ4v) is 6.18. The molecule has 8 heteroatoms. The van der Waals surface area contributed by atoms with E-state index in [0.717, 1.165) is 26.9 Å². The summed E-state index contributed by atoms with van der Waals surface area (Å²) in [7, 11) is -3.45. The number of thiazole rings is 1. The van der Waals surface area contributed by atoms with Gasteiger partial charge in [-0.1, -0.05) is 35.1 Å². The van der Waals surface area contributed by atoms with Crippen molar-refractivity contribution in [3.8, 4) is 0 Å². The van der Waals surface area contributed by atoms with Gasteiger partial charge in [0.1, 0.15) is 5.76 Å². The fourth-order valence-electron chi connectivity index (χ4n) is 3.71. The van der Waals surface area contributed by atoms with E-state index >= 15 is 0 Å². The molecule has 2 aromatic carbocycles. The molecule has 1 amide bonds. The van der Waals surface area contributed by atoms with Gasteiger partial charge in [0.15, 0.2) is 15.0 Å². The van der Waals surface area contributed by atoms with Crippen LogP contribution in [0, 0.1) is 20.8 Å². The van der Waals surface area contributed by atoms with Gasteiger partial charge in [-0.3, -0.25) is 9.69 Å². The molecule has 0 spiro atoms. The molecule has 0 atom stereocenters. The van der Waals surface area contributed by atoms with E-state index in [1.54, 1.807) is 41.5 Å². The molecule has 0 aliphatic rings. The van der Waals surface area contributed by atoms with Crippen molar-refractivity contribution in [2.24, 2.45) is 0 Å². The van der Waals surface area contributed by atoms with Crippen LogP contribution < -0.4 is 4.90 Å². The van der Waals surface area contributed by atoms with Gasteiger partial charge in [0.2, 0.25) is 5.91 Å². The summed E-state index contributed by atoms with van der Waals surface area (Å²) in [5.74, 6) is 0.371. The average Bonchev–Trinajstić information content (AvgIpc) is 3.42. The highest BCUT2D eigenvalue weighted by atomic mass is 32.2. The first-order chi connectivity index (χ1) is 15.7. The Bertz CT molecular complexity index is 1370. The number of aromatic nitrogens is 1. The minimum Gasteiger partial charge on any atom is -0.467 e. The first-order valence-electron chi connectivity index (χ1n) is 10.7. The normalized spacial score (nSPS) is 11.7. The lowest BCUT2D eigenvalue weighted by Crippen LogP contribution is -2.30. The number of furan rings is 1. The number of hydrogen-bond acceptors (Lipinski definition) is 6. The Labute approximate surface area is 197 Å². The van der Waals surface area contributed by atoms with Crippen LogP contribution in [0.25, 0.3) is 10.2 Å². The van der Waals surface area contributed by atoms with Crippen LogP contribution in [-0.4, -0.2) is 25.1 Å². The zero-order valence-corrected chi connectivity index (χ0v) is 20.5. The van der Waals surface area contributed by atoms with Crippen molar-refractivity contribution in [1.82, 2.24) is 4.98 Å². The zero-order chi connectivity index (χ0) is 23.6. The summed E-state index contributed by atoms with van der Waals surface area (Å²) >= 11 is 1.46. The van der Waals surface area contributed by atoms with E-state index in [2.05, 4.69) is 12.1 Å². The van der Waals surface area contributed by atoms with Crippen molar-refractivity contribution in [1.29, 1.82) is 0 Å². The summed E-state index contributed by atoms with van der Waals surface area (Å²) in [4.78, 5) is 19.8. The van der Waals surface area contributed by atoms with Crippen molar-refractivity contribution < 1.29 is 17.6 Å². The molecule has 0 N–H and O–H groups in total. The first kappa shape index (κ1) is 23.2. The molecule has 4 rings (SSSR count). The van der Waals surface area contributed by atoms with Crippen LogP contribution in [0.1, 0.15) is 35.3 Å². The summed E-state index contributed by atoms with van der Waals surface area (Å²) in [6, 6.07) is 14.5. The maximum Gasteiger partial charge on any atom is 0.229 e. The third-order valence-electron chi connectivity index (χ3n) is 5.43. The van der Waals surface area contributed by atoms with E-state index in [1.807, 2.05) is 26.8 Å². The van der Waals surface area contributed by atoms with Gasteiger partial charge in [-0.05, 0) is 68.7 Å². The van der Waals surface area contributed by atoms with Crippen LogP contribution in [0.15, 0.2) is 64.1 Å². The van der Waals surface area contributed by atoms with E-state index in [9.17, 15) is 13.2 Å². The Morgan fingerprint density at radius 3 is 2.52 bits per heavy atom. The van der Waals surface area contributed by atoms with Gasteiger partial charge in [-0.15, -0.1) is 0 Å². The van der Waals surface area contributed by atoms with Gasteiger partial charge in [-0.2, -0.15) is 0 Å². The number of amides is 1. The molecule has 33 heavy (non-hydrogen) atoms. The largest absolute Gasteiger partial charge is 0.467 e. The monoisotopic (exact) mass is 482 g/mol. The maximum atomic E-state index is 13.2. The van der Waals surface area contributed by atoms with Crippen molar-refractivity contribution in [3.05, 3.63) is 77.2 Å². The second-order valence-corrected chi connectivity index (χ2v) is 11.3. The minimum atomic E-state index is -3.45. The van der Waals surface area contributed by atoms with Crippen LogP contribution in [-0.2, 0) is 21.2 Å². The van der Waals surface area contributed by atoms with Crippen LogP contribution in [0.2, 0.25) is 0 Å². The highest BCUT2D eigenvalue weighted by molar-refractivity contribution is 7.91. The molecule has 0 saturated carbocycles. The van der Waals surface area contributed by atoms with E-state index in [0.29, 0.717) is 10.9 Å². The predicted octanol–water partition coefficient (Wildman–Crippen LogP) is 5.60. The molecule has 2 aromatic heterocycles. The number of hydrogen-bond donors (Lipinski definition) is 0. The lowest BCUT2D eigenvalue weighted by molar-refractivity contribution is -0.118. The van der Waals surface area contributed by atoms with Crippen molar-refractivity contribution in [3.63, 3.8) is 0 Å². The van der Waals surface area contributed by atoms with Crippen molar-refractivity contribution in [2.45, 2.75) is 45.1 Å². The summed E-state index contributed by atoms with van der Waals surface area (Å²) in [5.41, 5.74) is 4.07. The van der Waals surface area contributed by atoms with Crippen LogP contribution in [0.5, 0.6) is 0 Å². The molecule has 4 aromatic rings. The first-order valence-corrected chi connectivity index (χ1v) is 13.2. The Hall–Kier alpha value is -2.97. The molecule has 0 fully saturated rings. The second-order valence-electron chi connectivity index (χ2n) is 8.22. The van der Waals surface area contributed by atoms with Crippen LogP contribution in [0.3, 0.4) is 0 Å². The highest BCUT2D eigenvalue weighted by Crippen LogP contribution is 2.33. The summed E-state index contributed by atoms with van der Waals surface area (Å²) in [5, 5.41) is 0.585. The molecular formula is C25H26N2O4S2. The molecule has 0 unspecified atom stereocenters. The number of sulfone groups is 1. The number of benzene rings is 2. The lowest BCUT2D eigenvalue weighted by atomic mass is 10.1. The van der Waals surface area contributed by atoms with E-state index in [-0.39, 0.29) is 35.9 Å². The summed E-state index contributed by atoms with van der Waals surface area (Å²) < 4.78 is 31.8. The molecule has 6 nitrogen and oxygen atoms in total. The quantitative estimate of drug-likeness (QED) is 0.326. The van der Waals surface area contributed by atoms with Crippen LogP contribution in [0.4, 0.5) is 5.13 Å². The number of aryl methyl sites for hydroxylation is 3. The molecule has 172 valence electrons. The zero-order valence-electron chi connectivity index (χ0n) is 18.9. The Morgan fingerprint density at radius 1 is 1.06 bits per heavy atom. The summed E-state index contributed by atoms with van der Waals surface area (Å²) in [6.45, 7) is 6.20. The molecular weight excluding hydrogens is 456 g/mol. The predicted molar refractivity (Wildman–Crippen MR) is 131 cm³/mol. The number of nitrogens with zero attached hydrogens (tertiary/aromatic N) is 2. The SMILES string of the molecule is Cc1ccc(S(=O)(=O)CCCC(=O)N(Cc2ccco2)c2nc3c(C)cc(C)cc3s2)cc1. The number of carbonyl (C=O) groups is 1. The number of carbonyl (C=O) groups excluding carboxylic acids is 1. The van der Waals surface area contributed by atoms with Crippen molar-refractivity contribution in [2.75, 3.05) is 10.7 Å². The second kappa shape index (κ2) is 9.49. The van der Waals surface area contributed by atoms with Crippen LogP contribution >= 0.6 is 11.3 Å². The van der Waals surface area contributed by atoms with E-state index in [1.165, 1.54) is 11.3 Å². The van der Waals surface area contributed by atoms with Gasteiger partial charge in [0, 0.05) is 6.42 Å². The lowest BCUT2D eigenvalue weighted by Gasteiger charge is -2.18. The standard InChI is InChI=1S/C25H26N2O4S2/c1-17-8-10-21(11-9-17)33(29,30)13-5-7-23(28)27(16-20-6-4-12-31-20)25-26-24-19(3)14-18(2)15-22(24)32-25/h4,6,8-12,14-15H,5,7,13,16H2,1-3H3. The van der Waals surface area contributed by atoms with Gasteiger partial charge in [-0.25, -0.2) is 13.4 Å². The van der Waals surface area contributed by atoms with Gasteiger partial charge < -0.3 is 4.42 Å². The molecule has 0 radical (unpaired) electrons. The molecule has 0 bridgehead atoms. The molecule has 2 heterocycles. The third-order valence-corrected chi connectivity index (χ3v) is 8.27. The summed E-state index contributed by atoms with van der Waals surface area (Å²) in [6.07, 6.45) is 1.89. The smallest absolute Gasteiger partial charge is 0.229 e. The highest BCUT2D eigenvalue weighted by Gasteiger charge is 2.23. The van der Waals surface area contributed by atoms with E-state index in [4.69, 9.17) is 9.40 Å². The Kier molecular flexibility index (Phi) is 6.67. The third kappa shape index (κ3) is 5.34. The van der Waals surface area contributed by atoms with Crippen molar-refractivity contribution >= 4 is 42.4 Å². The number of anilines is 1. The number of rotatable bonds is 8. The Morgan fingerprint density at radius 2 is 1.82 bits per heavy atom. The topological polar surface area (TPSA) is 80.5 Å². The molecule has 0 saturated heterocycles. The van der Waals surface area contributed by atoms with Gasteiger partial charge in [0.05, 0.1) is 33.7 Å². The Balaban J connectivity index is 1.53. The van der Waals surface area contributed by atoms with Gasteiger partial charge in [0.25, 0.3) is 0 Å². The maximum absolute atomic E-state index is 13.2. The number of fused-ring (bicyclic) bond motifs is 1. The molecule has 0 aliphatic carbocycles. The fraction of sp³-hybridized carbons (Fsp3) is 0.280. The van der Waals surface area contributed by atoms with E-state index < -0.39 is 9.84 Å².